The van der Waals surface area contributed by atoms with Gasteiger partial charge in [0.05, 0.1) is 10.8 Å². The van der Waals surface area contributed by atoms with E-state index in [0.717, 1.165) is 28.4 Å². The van der Waals surface area contributed by atoms with Gasteiger partial charge in [-0.3, -0.25) is 14.4 Å². The summed E-state index contributed by atoms with van der Waals surface area (Å²) in [6.45, 7) is 23.9. The monoisotopic (exact) mass is 602 g/mol. The second kappa shape index (κ2) is 12.7. The number of hydrogen-bond donors (Lipinski definition) is 3. The van der Waals surface area contributed by atoms with E-state index in [4.69, 9.17) is 0 Å². The predicted octanol–water partition coefficient (Wildman–Crippen LogP) is 8.76. The highest BCUT2D eigenvalue weighted by Gasteiger charge is 2.74. The highest BCUT2D eigenvalue weighted by Crippen LogP contribution is 2.66. The fraction of sp³-hybridized carbons (Fsp3) is 0.500. The molecule has 0 heterocycles. The molecule has 0 spiro atoms. The van der Waals surface area contributed by atoms with Crippen LogP contribution in [0.3, 0.4) is 0 Å². The van der Waals surface area contributed by atoms with E-state index in [2.05, 4.69) is 19.2 Å². The smallest absolute Gasteiger partial charge is 0.184 e. The first-order valence-electron chi connectivity index (χ1n) is 15.5. The maximum Gasteiger partial charge on any atom is 0.184 e. The summed E-state index contributed by atoms with van der Waals surface area (Å²) < 4.78 is 0. The zero-order valence-corrected chi connectivity index (χ0v) is 27.8. The Bertz CT molecular complexity index is 1480. The first kappa shape index (κ1) is 34.8. The van der Waals surface area contributed by atoms with E-state index in [9.17, 15) is 20.1 Å². The number of aromatic hydroxyl groups is 2. The highest BCUT2D eigenvalue weighted by atomic mass is 16.3. The molecule has 2 aliphatic rings. The lowest BCUT2D eigenvalue weighted by molar-refractivity contribution is -0.178. The van der Waals surface area contributed by atoms with Gasteiger partial charge in [0.1, 0.15) is 11.3 Å². The van der Waals surface area contributed by atoms with Crippen LogP contribution in [0.1, 0.15) is 99.5 Å². The second-order valence-electron chi connectivity index (χ2n) is 14.3. The number of ketones is 3. The van der Waals surface area contributed by atoms with Gasteiger partial charge in [0, 0.05) is 5.56 Å². The minimum atomic E-state index is -1.63. The van der Waals surface area contributed by atoms with Crippen molar-refractivity contribution in [2.45, 2.75) is 93.9 Å². The number of fused-ring (bicyclic) bond motifs is 2. The van der Waals surface area contributed by atoms with Crippen molar-refractivity contribution < 1.29 is 29.7 Å². The molecule has 0 aliphatic heterocycles. The molecule has 2 fully saturated rings. The van der Waals surface area contributed by atoms with Crippen molar-refractivity contribution in [1.29, 1.82) is 0 Å². The Morgan fingerprint density at radius 2 is 1.57 bits per heavy atom. The molecule has 2 saturated carbocycles. The molecule has 6 heteroatoms. The molecular formula is C38H50O6. The second-order valence-corrected chi connectivity index (χ2v) is 14.3. The van der Waals surface area contributed by atoms with Crippen molar-refractivity contribution in [3.05, 3.63) is 76.9 Å². The molecular weight excluding hydrogens is 552 g/mol. The average molecular weight is 603 g/mol. The van der Waals surface area contributed by atoms with Crippen LogP contribution >= 0.6 is 0 Å². The third-order valence-corrected chi connectivity index (χ3v) is 10.1. The van der Waals surface area contributed by atoms with Crippen molar-refractivity contribution in [1.82, 2.24) is 0 Å². The lowest BCUT2D eigenvalue weighted by atomic mass is 9.38. The van der Waals surface area contributed by atoms with Crippen molar-refractivity contribution >= 4 is 23.1 Å². The highest BCUT2D eigenvalue weighted by molar-refractivity contribution is 6.41. The standard InChI is InChI=1S/C38H50O6/c1-22(2)11-13-27(25(7)8)20-38-34(43)31(32(41)26-14-16-29(39)30(40)19-26)33(42)37(35(38)44,18-17-24(5)6)21-28(36(38,9)10)15-12-23(3)4/h12,14,16-17,19,27-28,39-41H,1,7,11,13,15,18,20-21H2,2-6,8-10H3. The maximum atomic E-state index is 15.2. The summed E-state index contributed by atoms with van der Waals surface area (Å²) in [5.41, 5.74) is -0.603. The van der Waals surface area contributed by atoms with Gasteiger partial charge in [0.15, 0.2) is 28.8 Å². The molecule has 0 radical (unpaired) electrons. The van der Waals surface area contributed by atoms with Crippen LogP contribution < -0.4 is 0 Å². The van der Waals surface area contributed by atoms with Gasteiger partial charge in [0.2, 0.25) is 0 Å². The zero-order valence-electron chi connectivity index (χ0n) is 27.8. The van der Waals surface area contributed by atoms with Crippen molar-refractivity contribution in [2.24, 2.45) is 28.1 Å². The number of phenolic OH excluding ortho intramolecular Hbond substituents is 2. The number of carbonyl (C=O) groups is 3. The molecule has 1 aromatic carbocycles. The van der Waals surface area contributed by atoms with Crippen molar-refractivity contribution in [3.63, 3.8) is 0 Å². The Hall–Kier alpha value is -3.67. The number of rotatable bonds is 11. The molecule has 3 rings (SSSR count). The van der Waals surface area contributed by atoms with Crippen LogP contribution in [-0.2, 0) is 14.4 Å². The Kier molecular flexibility index (Phi) is 10.1. The molecule has 1 aromatic rings. The number of hydrogen-bond acceptors (Lipinski definition) is 6. The van der Waals surface area contributed by atoms with Crippen LogP contribution in [0.15, 0.2) is 71.4 Å². The molecule has 238 valence electrons. The van der Waals surface area contributed by atoms with E-state index in [1.165, 1.54) is 12.1 Å². The molecule has 44 heavy (non-hydrogen) atoms. The van der Waals surface area contributed by atoms with Crippen LogP contribution in [0.5, 0.6) is 11.5 Å². The van der Waals surface area contributed by atoms with E-state index in [0.29, 0.717) is 19.3 Å². The summed E-state index contributed by atoms with van der Waals surface area (Å²) in [7, 11) is 0. The van der Waals surface area contributed by atoms with E-state index >= 15 is 9.59 Å². The van der Waals surface area contributed by atoms with Crippen LogP contribution in [0.25, 0.3) is 5.76 Å². The lowest BCUT2D eigenvalue weighted by Gasteiger charge is -2.61. The summed E-state index contributed by atoms with van der Waals surface area (Å²) in [5.74, 6) is -3.63. The molecule has 0 aromatic heterocycles. The van der Waals surface area contributed by atoms with Gasteiger partial charge >= 0.3 is 0 Å². The minimum absolute atomic E-state index is 0.00886. The van der Waals surface area contributed by atoms with Crippen LogP contribution in [0, 0.1) is 28.1 Å². The first-order chi connectivity index (χ1) is 20.3. The zero-order chi connectivity index (χ0) is 33.4. The molecule has 3 N–H and O–H groups in total. The normalized spacial score (nSPS) is 26.1. The van der Waals surface area contributed by atoms with Crippen LogP contribution in [-0.4, -0.2) is 32.7 Å². The number of aliphatic hydroxyl groups excluding tert-OH is 1. The van der Waals surface area contributed by atoms with Gasteiger partial charge < -0.3 is 15.3 Å². The van der Waals surface area contributed by atoms with E-state index in [1.807, 2.05) is 61.5 Å². The van der Waals surface area contributed by atoms with Crippen molar-refractivity contribution in [3.8, 4) is 11.5 Å². The third kappa shape index (κ3) is 6.00. The van der Waals surface area contributed by atoms with Gasteiger partial charge in [-0.1, -0.05) is 54.9 Å². The summed E-state index contributed by atoms with van der Waals surface area (Å²) in [6.07, 6.45) is 6.44. The third-order valence-electron chi connectivity index (χ3n) is 10.1. The molecule has 2 aliphatic carbocycles. The Morgan fingerprint density at radius 1 is 0.955 bits per heavy atom. The molecule has 4 atom stereocenters. The quantitative estimate of drug-likeness (QED) is 0.0583. The number of benzene rings is 1. The maximum absolute atomic E-state index is 15.2. The Labute approximate surface area is 263 Å². The minimum Gasteiger partial charge on any atom is -0.506 e. The number of Topliss-reactive ketones (excluding diaryl/α,β-unsaturated/α-hetero) is 3. The molecule has 2 bridgehead atoms. The fourth-order valence-corrected chi connectivity index (χ4v) is 7.16. The summed E-state index contributed by atoms with van der Waals surface area (Å²) >= 11 is 0. The van der Waals surface area contributed by atoms with Crippen molar-refractivity contribution in [2.75, 3.05) is 0 Å². The topological polar surface area (TPSA) is 112 Å². The molecule has 0 amide bonds. The summed E-state index contributed by atoms with van der Waals surface area (Å²) in [4.78, 5) is 44.9. The largest absolute Gasteiger partial charge is 0.506 e. The van der Waals surface area contributed by atoms with Crippen LogP contribution in [0.2, 0.25) is 0 Å². The Morgan fingerprint density at radius 3 is 2.09 bits per heavy atom. The summed E-state index contributed by atoms with van der Waals surface area (Å²) in [5, 5.41) is 31.7. The van der Waals surface area contributed by atoms with Gasteiger partial charge in [-0.15, -0.1) is 6.58 Å². The van der Waals surface area contributed by atoms with Gasteiger partial charge in [-0.25, -0.2) is 0 Å². The van der Waals surface area contributed by atoms with Crippen LogP contribution in [0.4, 0.5) is 0 Å². The lowest BCUT2D eigenvalue weighted by Crippen LogP contribution is -2.70. The molecule has 0 saturated heterocycles. The number of allylic oxidation sites excluding steroid dienone is 7. The van der Waals surface area contributed by atoms with Gasteiger partial charge in [-0.05, 0) is 116 Å². The van der Waals surface area contributed by atoms with Gasteiger partial charge in [-0.2, -0.15) is 0 Å². The predicted molar refractivity (Wildman–Crippen MR) is 176 cm³/mol. The fourth-order valence-electron chi connectivity index (χ4n) is 7.16. The van der Waals surface area contributed by atoms with E-state index < -0.39 is 50.6 Å². The number of aliphatic hydroxyl groups is 1. The molecule has 4 unspecified atom stereocenters. The average Bonchev–Trinajstić information content (AvgIpc) is 2.92. The molecule has 6 nitrogen and oxygen atoms in total. The SMILES string of the molecule is C=C(C)CCC(CC12C(=O)C(=C(O)c3ccc(O)c(O)c3)C(=O)C(CC=C(C)C)(CC(CC=C(C)C)C1(C)C)C2=O)C(=C)C. The number of phenols is 2. The van der Waals surface area contributed by atoms with E-state index in [-0.39, 0.29) is 42.4 Å². The Balaban J connectivity index is 2.46. The number of carbonyl (C=O) groups excluding carboxylic acids is 3. The first-order valence-corrected chi connectivity index (χ1v) is 15.5. The van der Waals surface area contributed by atoms with E-state index in [1.54, 1.807) is 0 Å². The van der Waals surface area contributed by atoms with Gasteiger partial charge in [0.25, 0.3) is 0 Å². The summed E-state index contributed by atoms with van der Waals surface area (Å²) in [6, 6.07) is 3.64.